The van der Waals surface area contributed by atoms with Crippen LogP contribution in [0.5, 0.6) is 0 Å². The van der Waals surface area contributed by atoms with Crippen molar-refractivity contribution in [3.05, 3.63) is 48.6 Å². The van der Waals surface area contributed by atoms with Crippen molar-refractivity contribution in [1.29, 1.82) is 0 Å². The molecule has 0 aliphatic carbocycles. The lowest BCUT2D eigenvalue weighted by molar-refractivity contribution is -0.161. The Balaban J connectivity index is 3.81. The Labute approximate surface area is 496 Å². The number of phosphoric acid groups is 1. The molecule has 0 spiro atoms. The molecular weight excluding hydrogens is 1010 g/mol. The van der Waals surface area contributed by atoms with Gasteiger partial charge in [0, 0.05) is 19.4 Å². The summed E-state index contributed by atoms with van der Waals surface area (Å²) < 4.78 is 33.2. The predicted molar refractivity (Wildman–Crippen MR) is 344 cm³/mol. The van der Waals surface area contributed by atoms with Gasteiger partial charge in [0.15, 0.2) is 6.10 Å². The molecule has 10 heteroatoms. The van der Waals surface area contributed by atoms with E-state index in [1.807, 2.05) is 0 Å². The standard InChI is InChI=1S/C70H132NO8P/c1-3-5-7-9-11-13-15-17-19-21-23-25-27-29-30-31-32-33-34-35-36-37-39-40-42-44-46-48-50-52-54-56-58-60-62-69(72)76-66-68(67-78-80(74,75)77-65-64-71)79-70(73)63-61-59-57-55-53-51-49-47-45-43-41-38-28-26-24-22-20-18-16-14-12-10-8-6-4-2/h6,8,12,14,18,20,24,26,68H,3-5,7,9-11,13,15-17,19,21-23,25,27-67,71H2,1-2H3,(H,74,75)/b8-6-,14-12-,20-18-,26-24-. The van der Waals surface area contributed by atoms with Gasteiger partial charge in [-0.05, 0) is 51.4 Å². The van der Waals surface area contributed by atoms with Gasteiger partial charge in [0.25, 0.3) is 0 Å². The number of allylic oxidation sites excluding steroid dienone is 8. The summed E-state index contributed by atoms with van der Waals surface area (Å²) in [6.45, 7) is 3.69. The zero-order chi connectivity index (χ0) is 58.0. The maximum Gasteiger partial charge on any atom is 0.472 e. The third-order valence-electron chi connectivity index (χ3n) is 15.5. The van der Waals surface area contributed by atoms with E-state index < -0.39 is 26.5 Å². The van der Waals surface area contributed by atoms with Crippen molar-refractivity contribution < 1.29 is 37.6 Å². The number of unbranched alkanes of at least 4 members (excludes halogenated alkanes) is 45. The highest BCUT2D eigenvalue weighted by Gasteiger charge is 2.26. The molecular formula is C70H132NO8P. The number of nitrogens with two attached hydrogens (primary N) is 1. The first-order valence-electron chi connectivity index (χ1n) is 34.6. The number of phosphoric ester groups is 1. The van der Waals surface area contributed by atoms with Gasteiger partial charge in [0.05, 0.1) is 13.2 Å². The van der Waals surface area contributed by atoms with Crippen molar-refractivity contribution in [2.45, 2.75) is 360 Å². The minimum absolute atomic E-state index is 0.0539. The van der Waals surface area contributed by atoms with E-state index >= 15 is 0 Å². The van der Waals surface area contributed by atoms with E-state index in [-0.39, 0.29) is 38.6 Å². The maximum atomic E-state index is 12.7. The zero-order valence-corrected chi connectivity index (χ0v) is 53.7. The molecule has 0 aliphatic rings. The van der Waals surface area contributed by atoms with Gasteiger partial charge in [-0.2, -0.15) is 0 Å². The van der Waals surface area contributed by atoms with E-state index in [0.29, 0.717) is 6.42 Å². The molecule has 0 saturated heterocycles. The van der Waals surface area contributed by atoms with Gasteiger partial charge in [0.1, 0.15) is 6.61 Å². The van der Waals surface area contributed by atoms with Gasteiger partial charge in [-0.3, -0.25) is 18.6 Å². The lowest BCUT2D eigenvalue weighted by atomic mass is 10.0. The van der Waals surface area contributed by atoms with Crippen LogP contribution >= 0.6 is 7.82 Å². The van der Waals surface area contributed by atoms with Crippen LogP contribution in [0.3, 0.4) is 0 Å². The number of carbonyl (C=O) groups is 2. The van der Waals surface area contributed by atoms with Crippen LogP contribution in [-0.2, 0) is 32.7 Å². The van der Waals surface area contributed by atoms with Gasteiger partial charge in [-0.25, -0.2) is 4.57 Å². The van der Waals surface area contributed by atoms with E-state index in [9.17, 15) is 19.0 Å². The van der Waals surface area contributed by atoms with E-state index in [4.69, 9.17) is 24.3 Å². The fourth-order valence-electron chi connectivity index (χ4n) is 10.4. The van der Waals surface area contributed by atoms with Gasteiger partial charge >= 0.3 is 19.8 Å². The Morgan fingerprint density at radius 3 is 1.02 bits per heavy atom. The molecule has 0 amide bonds. The molecule has 470 valence electrons. The van der Waals surface area contributed by atoms with Crippen LogP contribution in [0, 0.1) is 0 Å². The topological polar surface area (TPSA) is 134 Å². The lowest BCUT2D eigenvalue weighted by Gasteiger charge is -2.19. The molecule has 9 nitrogen and oxygen atoms in total. The molecule has 0 aliphatic heterocycles. The summed E-state index contributed by atoms with van der Waals surface area (Å²) in [6.07, 6.45) is 83.6. The highest BCUT2D eigenvalue weighted by Crippen LogP contribution is 2.43. The third kappa shape index (κ3) is 65.1. The zero-order valence-electron chi connectivity index (χ0n) is 52.8. The minimum atomic E-state index is -4.39. The Morgan fingerprint density at radius 1 is 0.388 bits per heavy atom. The predicted octanol–water partition coefficient (Wildman–Crippen LogP) is 22.5. The van der Waals surface area contributed by atoms with Crippen LogP contribution < -0.4 is 5.73 Å². The van der Waals surface area contributed by atoms with Crippen molar-refractivity contribution in [3.8, 4) is 0 Å². The SMILES string of the molecule is CC/C=C\C/C=C\C/C=C\C/C=C\CCCCCCCCCCCCCCC(=O)OC(COC(=O)CCCCCCCCCCCCCCCCCCCCCCCCCCCCCCCCCCCC)COP(=O)(O)OCCN. The molecule has 0 aromatic rings. The Morgan fingerprint density at radius 2 is 0.688 bits per heavy atom. The molecule has 0 aromatic carbocycles. The minimum Gasteiger partial charge on any atom is -0.462 e. The molecule has 0 radical (unpaired) electrons. The van der Waals surface area contributed by atoms with E-state index in [1.165, 1.54) is 257 Å². The second kappa shape index (κ2) is 66.1. The van der Waals surface area contributed by atoms with E-state index in [1.54, 1.807) is 0 Å². The molecule has 3 N–H and O–H groups in total. The smallest absolute Gasteiger partial charge is 0.462 e. The van der Waals surface area contributed by atoms with E-state index in [2.05, 4.69) is 62.5 Å². The number of hydrogen-bond acceptors (Lipinski definition) is 8. The van der Waals surface area contributed by atoms with Crippen molar-refractivity contribution >= 4 is 19.8 Å². The summed E-state index contributed by atoms with van der Waals surface area (Å²) in [5.41, 5.74) is 5.40. The molecule has 0 rings (SSSR count). The number of rotatable bonds is 66. The quantitative estimate of drug-likeness (QED) is 0.0264. The van der Waals surface area contributed by atoms with Crippen LogP contribution in [0.25, 0.3) is 0 Å². The van der Waals surface area contributed by atoms with E-state index in [0.717, 1.165) is 64.2 Å². The van der Waals surface area contributed by atoms with Crippen molar-refractivity contribution in [2.75, 3.05) is 26.4 Å². The molecule has 0 aromatic heterocycles. The first-order chi connectivity index (χ1) is 39.3. The number of esters is 2. The molecule has 2 unspecified atom stereocenters. The monoisotopic (exact) mass is 1150 g/mol. The lowest BCUT2D eigenvalue weighted by Crippen LogP contribution is -2.29. The summed E-state index contributed by atoms with van der Waals surface area (Å²) in [5, 5.41) is 0. The average Bonchev–Trinajstić information content (AvgIpc) is 3.45. The summed E-state index contributed by atoms with van der Waals surface area (Å²) in [4.78, 5) is 35.3. The first kappa shape index (κ1) is 78.0. The van der Waals surface area contributed by atoms with Crippen LogP contribution in [0.1, 0.15) is 354 Å². The average molecular weight is 1150 g/mol. The normalized spacial score (nSPS) is 13.2. The maximum absolute atomic E-state index is 12.7. The van der Waals surface area contributed by atoms with Gasteiger partial charge in [-0.15, -0.1) is 0 Å². The third-order valence-corrected chi connectivity index (χ3v) is 16.5. The highest BCUT2D eigenvalue weighted by atomic mass is 31.2. The molecule has 0 bridgehead atoms. The Hall–Kier alpha value is -2.03. The summed E-state index contributed by atoms with van der Waals surface area (Å²) in [7, 11) is -4.39. The number of carbonyl (C=O) groups excluding carboxylic acids is 2. The summed E-state index contributed by atoms with van der Waals surface area (Å²) in [5.74, 6) is -0.813. The number of hydrogen-bond donors (Lipinski definition) is 2. The Kier molecular flexibility index (Phi) is 64.4. The van der Waals surface area contributed by atoms with Crippen molar-refractivity contribution in [3.63, 3.8) is 0 Å². The molecule has 0 saturated carbocycles. The fourth-order valence-corrected chi connectivity index (χ4v) is 11.2. The van der Waals surface area contributed by atoms with Crippen molar-refractivity contribution in [1.82, 2.24) is 0 Å². The second-order valence-corrected chi connectivity index (χ2v) is 24.8. The second-order valence-electron chi connectivity index (χ2n) is 23.4. The number of ether oxygens (including phenoxy) is 2. The van der Waals surface area contributed by atoms with Crippen LogP contribution in [0.4, 0.5) is 0 Å². The first-order valence-corrected chi connectivity index (χ1v) is 36.1. The largest absolute Gasteiger partial charge is 0.472 e. The van der Waals surface area contributed by atoms with Crippen molar-refractivity contribution in [2.24, 2.45) is 5.73 Å². The highest BCUT2D eigenvalue weighted by molar-refractivity contribution is 7.47. The molecule has 0 fully saturated rings. The Bertz CT molecular complexity index is 1450. The molecule has 80 heavy (non-hydrogen) atoms. The van der Waals surface area contributed by atoms with Crippen LogP contribution in [0.2, 0.25) is 0 Å². The fraction of sp³-hybridized carbons (Fsp3) is 0.857. The van der Waals surface area contributed by atoms with Crippen LogP contribution in [-0.4, -0.2) is 49.3 Å². The van der Waals surface area contributed by atoms with Gasteiger partial charge < -0.3 is 20.1 Å². The van der Waals surface area contributed by atoms with Crippen LogP contribution in [0.15, 0.2) is 48.6 Å². The van der Waals surface area contributed by atoms with Gasteiger partial charge in [0.2, 0.25) is 0 Å². The van der Waals surface area contributed by atoms with Gasteiger partial charge in [-0.1, -0.05) is 339 Å². The summed E-state index contributed by atoms with van der Waals surface area (Å²) in [6, 6.07) is 0. The molecule has 0 heterocycles. The summed E-state index contributed by atoms with van der Waals surface area (Å²) >= 11 is 0. The molecule has 2 atom stereocenters.